The monoisotopic (exact) mass is 447 g/mol. The Bertz CT molecular complexity index is 493. The maximum absolute atomic E-state index is 4.86. The quantitative estimate of drug-likeness (QED) is 0.397. The van der Waals surface area contributed by atoms with E-state index in [4.69, 9.17) is 4.99 Å². The number of nitrogens with zero attached hydrogens (tertiary/aromatic N) is 4. The molecule has 1 aliphatic rings. The van der Waals surface area contributed by atoms with Gasteiger partial charge in [-0.2, -0.15) is 0 Å². The first kappa shape index (κ1) is 21.3. The molecule has 0 amide bonds. The molecular formula is C18H34IN5. The molecule has 1 aliphatic heterocycles. The fourth-order valence-electron chi connectivity index (χ4n) is 3.15. The first-order valence-corrected chi connectivity index (χ1v) is 8.92. The van der Waals surface area contributed by atoms with Gasteiger partial charge in [0.25, 0.3) is 0 Å². The van der Waals surface area contributed by atoms with E-state index in [1.165, 1.54) is 38.2 Å². The predicted octanol–water partition coefficient (Wildman–Crippen LogP) is 2.77. The van der Waals surface area contributed by atoms with Crippen LogP contribution in [0, 0.1) is 5.92 Å². The molecule has 1 atom stereocenters. The van der Waals surface area contributed by atoms with Gasteiger partial charge in [0.1, 0.15) is 0 Å². The van der Waals surface area contributed by atoms with Crippen LogP contribution in [-0.2, 0) is 13.6 Å². The van der Waals surface area contributed by atoms with Crippen LogP contribution in [0.1, 0.15) is 32.4 Å². The third-order valence-corrected chi connectivity index (χ3v) is 4.47. The third-order valence-electron chi connectivity index (χ3n) is 4.47. The molecule has 0 saturated carbocycles. The van der Waals surface area contributed by atoms with Gasteiger partial charge in [0.05, 0.1) is 6.54 Å². The van der Waals surface area contributed by atoms with Gasteiger partial charge in [-0.05, 0) is 50.9 Å². The summed E-state index contributed by atoms with van der Waals surface area (Å²) in [6.45, 7) is 10.8. The SMILES string of the molecule is CCNC(=NCC(C)CN1CCCC1)N(C)Cc1cccn1C.I. The van der Waals surface area contributed by atoms with E-state index < -0.39 is 0 Å². The largest absolute Gasteiger partial charge is 0.357 e. The molecule has 1 fully saturated rings. The molecule has 5 nitrogen and oxygen atoms in total. The highest BCUT2D eigenvalue weighted by molar-refractivity contribution is 14.0. The minimum Gasteiger partial charge on any atom is -0.357 e. The van der Waals surface area contributed by atoms with Gasteiger partial charge >= 0.3 is 0 Å². The second kappa shape index (κ2) is 11.0. The van der Waals surface area contributed by atoms with Crippen molar-refractivity contribution in [1.82, 2.24) is 19.7 Å². The lowest BCUT2D eigenvalue weighted by atomic mass is 10.2. The van der Waals surface area contributed by atoms with Crippen molar-refractivity contribution in [3.8, 4) is 0 Å². The Hall–Kier alpha value is -0.760. The van der Waals surface area contributed by atoms with Crippen molar-refractivity contribution < 1.29 is 0 Å². The van der Waals surface area contributed by atoms with Crippen LogP contribution in [0.4, 0.5) is 0 Å². The molecule has 138 valence electrons. The summed E-state index contributed by atoms with van der Waals surface area (Å²) in [7, 11) is 4.20. The maximum atomic E-state index is 4.86. The first-order valence-electron chi connectivity index (χ1n) is 8.92. The van der Waals surface area contributed by atoms with E-state index in [1.807, 2.05) is 0 Å². The summed E-state index contributed by atoms with van der Waals surface area (Å²) in [5.74, 6) is 1.60. The van der Waals surface area contributed by atoms with Crippen LogP contribution in [0.25, 0.3) is 0 Å². The smallest absolute Gasteiger partial charge is 0.194 e. The van der Waals surface area contributed by atoms with Crippen LogP contribution < -0.4 is 5.32 Å². The molecule has 1 aromatic heterocycles. The van der Waals surface area contributed by atoms with Crippen LogP contribution >= 0.6 is 24.0 Å². The average Bonchev–Trinajstić information content (AvgIpc) is 3.16. The molecular weight excluding hydrogens is 413 g/mol. The molecule has 1 N–H and O–H groups in total. The van der Waals surface area contributed by atoms with E-state index in [9.17, 15) is 0 Å². The minimum atomic E-state index is 0. The molecule has 1 saturated heterocycles. The molecule has 0 aliphatic carbocycles. The number of likely N-dealkylation sites (tertiary alicyclic amines) is 1. The van der Waals surface area contributed by atoms with Crippen molar-refractivity contribution in [3.63, 3.8) is 0 Å². The Balaban J connectivity index is 0.00000288. The van der Waals surface area contributed by atoms with Gasteiger partial charge in [0.15, 0.2) is 5.96 Å². The summed E-state index contributed by atoms with van der Waals surface area (Å²) in [5.41, 5.74) is 1.29. The standard InChI is InChI=1S/C18H33N5.HI/c1-5-19-18(22(4)15-17-9-8-10-21(17)3)20-13-16(2)14-23-11-6-7-12-23;/h8-10,16H,5-7,11-15H2,1-4H3,(H,19,20);1H. The molecule has 2 heterocycles. The van der Waals surface area contributed by atoms with Gasteiger partial charge in [-0.1, -0.05) is 6.92 Å². The Morgan fingerprint density at radius 2 is 2.08 bits per heavy atom. The molecule has 1 unspecified atom stereocenters. The molecule has 0 aromatic carbocycles. The lowest BCUT2D eigenvalue weighted by molar-refractivity contribution is 0.291. The summed E-state index contributed by atoms with van der Waals surface area (Å²) in [5, 5.41) is 3.42. The van der Waals surface area contributed by atoms with Gasteiger partial charge in [-0.25, -0.2) is 0 Å². The lowest BCUT2D eigenvalue weighted by Gasteiger charge is -2.24. The van der Waals surface area contributed by atoms with Crippen molar-refractivity contribution in [2.24, 2.45) is 18.0 Å². The number of hydrogen-bond acceptors (Lipinski definition) is 2. The van der Waals surface area contributed by atoms with Gasteiger partial charge in [-0.15, -0.1) is 24.0 Å². The molecule has 24 heavy (non-hydrogen) atoms. The van der Waals surface area contributed by atoms with Crippen LogP contribution in [0.5, 0.6) is 0 Å². The zero-order valence-corrected chi connectivity index (χ0v) is 18.0. The van der Waals surface area contributed by atoms with E-state index in [0.29, 0.717) is 5.92 Å². The molecule has 2 rings (SSSR count). The van der Waals surface area contributed by atoms with Gasteiger partial charge < -0.3 is 19.7 Å². The normalized spacial score (nSPS) is 16.8. The van der Waals surface area contributed by atoms with Crippen molar-refractivity contribution >= 4 is 29.9 Å². The zero-order valence-electron chi connectivity index (χ0n) is 15.7. The number of guanidine groups is 1. The first-order chi connectivity index (χ1) is 11.1. The number of rotatable bonds is 7. The fraction of sp³-hybridized carbons (Fsp3) is 0.722. The maximum Gasteiger partial charge on any atom is 0.194 e. The van der Waals surface area contributed by atoms with E-state index >= 15 is 0 Å². The van der Waals surface area contributed by atoms with Gasteiger partial charge in [0.2, 0.25) is 0 Å². The summed E-state index contributed by atoms with van der Waals surface area (Å²) < 4.78 is 2.16. The number of aryl methyl sites for hydroxylation is 1. The Labute approximate surface area is 164 Å². The van der Waals surface area contributed by atoms with Crippen LogP contribution in [-0.4, -0.2) is 60.1 Å². The predicted molar refractivity (Wildman–Crippen MR) is 113 cm³/mol. The molecule has 1 aromatic rings. The molecule has 0 radical (unpaired) electrons. The highest BCUT2D eigenvalue weighted by Crippen LogP contribution is 2.10. The van der Waals surface area contributed by atoms with E-state index in [-0.39, 0.29) is 24.0 Å². The number of aromatic nitrogens is 1. The number of aliphatic imine (C=N–C) groups is 1. The highest BCUT2D eigenvalue weighted by atomic mass is 127. The number of halogens is 1. The zero-order chi connectivity index (χ0) is 16.7. The summed E-state index contributed by atoms with van der Waals surface area (Å²) in [6.07, 6.45) is 4.81. The van der Waals surface area contributed by atoms with Gasteiger partial charge in [-0.3, -0.25) is 4.99 Å². The second-order valence-electron chi connectivity index (χ2n) is 6.77. The molecule has 0 bridgehead atoms. The highest BCUT2D eigenvalue weighted by Gasteiger charge is 2.15. The van der Waals surface area contributed by atoms with Crippen molar-refractivity contribution in [2.45, 2.75) is 33.2 Å². The average molecular weight is 447 g/mol. The van der Waals surface area contributed by atoms with E-state index in [1.54, 1.807) is 0 Å². The minimum absolute atomic E-state index is 0. The Kier molecular flexibility index (Phi) is 9.73. The van der Waals surface area contributed by atoms with Crippen LogP contribution in [0.15, 0.2) is 23.3 Å². The Morgan fingerprint density at radius 1 is 1.38 bits per heavy atom. The van der Waals surface area contributed by atoms with Gasteiger partial charge in [0, 0.05) is 45.6 Å². The summed E-state index contributed by atoms with van der Waals surface area (Å²) in [4.78, 5) is 9.64. The van der Waals surface area contributed by atoms with Crippen molar-refractivity contribution in [1.29, 1.82) is 0 Å². The lowest BCUT2D eigenvalue weighted by Crippen LogP contribution is -2.39. The van der Waals surface area contributed by atoms with E-state index in [2.05, 4.69) is 66.0 Å². The van der Waals surface area contributed by atoms with Crippen molar-refractivity contribution in [3.05, 3.63) is 24.0 Å². The second-order valence-corrected chi connectivity index (χ2v) is 6.77. The topological polar surface area (TPSA) is 35.8 Å². The molecule has 0 spiro atoms. The van der Waals surface area contributed by atoms with Crippen LogP contribution in [0.2, 0.25) is 0 Å². The number of hydrogen-bond donors (Lipinski definition) is 1. The summed E-state index contributed by atoms with van der Waals surface area (Å²) >= 11 is 0. The molecule has 6 heteroatoms. The third kappa shape index (κ3) is 6.63. The fourth-order valence-corrected chi connectivity index (χ4v) is 3.15. The van der Waals surface area contributed by atoms with Crippen LogP contribution in [0.3, 0.4) is 0 Å². The Morgan fingerprint density at radius 3 is 2.67 bits per heavy atom. The summed E-state index contributed by atoms with van der Waals surface area (Å²) in [6, 6.07) is 4.25. The van der Waals surface area contributed by atoms with Crippen molar-refractivity contribution in [2.75, 3.05) is 39.8 Å². The number of nitrogens with one attached hydrogen (secondary N) is 1. The van der Waals surface area contributed by atoms with E-state index in [0.717, 1.165) is 25.6 Å².